The first-order chi connectivity index (χ1) is 12.3. The number of likely N-dealkylation sites (N-methyl/N-ethyl adjacent to an activating group) is 1. The Balaban J connectivity index is 3.33. The Labute approximate surface area is 162 Å². The first-order valence-corrected chi connectivity index (χ1v) is 12.2. The molecular formula is C20H45NO4P+. The fraction of sp³-hybridized carbons (Fsp3) is 1.00. The summed E-state index contributed by atoms with van der Waals surface area (Å²) < 4.78 is 22.4. The van der Waals surface area contributed by atoms with Gasteiger partial charge in [0.1, 0.15) is 13.2 Å². The zero-order chi connectivity index (χ0) is 19.7. The van der Waals surface area contributed by atoms with Crippen LogP contribution in [0.3, 0.4) is 0 Å². The van der Waals surface area contributed by atoms with Crippen LogP contribution in [0.4, 0.5) is 0 Å². The normalized spacial score (nSPS) is 14.5. The molecule has 1 atom stereocenters. The average Bonchev–Trinajstić information content (AvgIpc) is 2.53. The van der Waals surface area contributed by atoms with Crippen molar-refractivity contribution in [2.24, 2.45) is 0 Å². The molecule has 0 aromatic rings. The van der Waals surface area contributed by atoms with Crippen molar-refractivity contribution < 1.29 is 23.0 Å². The molecule has 1 N–H and O–H groups in total. The number of hydrogen-bond acceptors (Lipinski definition) is 3. The van der Waals surface area contributed by atoms with Crippen LogP contribution in [0, 0.1) is 0 Å². The van der Waals surface area contributed by atoms with E-state index in [0.29, 0.717) is 17.6 Å². The average molecular weight is 395 g/mol. The van der Waals surface area contributed by atoms with Crippen LogP contribution in [0.5, 0.6) is 0 Å². The minimum absolute atomic E-state index is 0.232. The van der Waals surface area contributed by atoms with E-state index in [4.69, 9.17) is 9.05 Å². The first kappa shape index (κ1) is 26.1. The zero-order valence-corrected chi connectivity index (χ0v) is 18.8. The molecule has 0 amide bonds. The lowest BCUT2D eigenvalue weighted by Gasteiger charge is -2.24. The van der Waals surface area contributed by atoms with E-state index in [1.807, 2.05) is 21.1 Å². The second kappa shape index (κ2) is 16.1. The minimum Gasteiger partial charge on any atom is -0.329 e. The summed E-state index contributed by atoms with van der Waals surface area (Å²) in [5.41, 5.74) is 0. The number of unbranched alkanes of at least 4 members (excludes halogenated alkanes) is 12. The van der Waals surface area contributed by atoms with Crippen molar-refractivity contribution in [3.05, 3.63) is 0 Å². The standard InChI is InChI=1S/C20H44NO4P/c1-5-6-7-8-9-10-11-12-13-14-15-16-17-19-24-26(22,23)25-20-18-21(2,3)4/h5-20H2,1-4H3/p+1. The molecule has 0 saturated heterocycles. The molecule has 0 aliphatic heterocycles. The van der Waals surface area contributed by atoms with E-state index >= 15 is 0 Å². The maximum absolute atomic E-state index is 11.7. The number of hydrogen-bond donors (Lipinski definition) is 1. The molecule has 0 fully saturated rings. The highest BCUT2D eigenvalue weighted by atomic mass is 31.2. The summed E-state index contributed by atoms with van der Waals surface area (Å²) in [4.78, 5) is 9.61. The fourth-order valence-electron chi connectivity index (χ4n) is 2.77. The molecule has 0 radical (unpaired) electrons. The number of rotatable bonds is 19. The van der Waals surface area contributed by atoms with E-state index in [2.05, 4.69) is 6.92 Å². The molecule has 158 valence electrons. The van der Waals surface area contributed by atoms with Gasteiger partial charge in [0.25, 0.3) is 0 Å². The van der Waals surface area contributed by atoms with Crippen LogP contribution in [0.2, 0.25) is 0 Å². The second-order valence-electron chi connectivity index (χ2n) is 8.39. The topological polar surface area (TPSA) is 55.8 Å². The summed E-state index contributed by atoms with van der Waals surface area (Å²) >= 11 is 0. The lowest BCUT2D eigenvalue weighted by molar-refractivity contribution is -0.870. The van der Waals surface area contributed by atoms with Gasteiger partial charge >= 0.3 is 7.82 Å². The molecule has 1 unspecified atom stereocenters. The molecule has 0 bridgehead atoms. The molecule has 0 heterocycles. The Hall–Kier alpha value is 0.0700. The van der Waals surface area contributed by atoms with Gasteiger partial charge < -0.3 is 9.38 Å². The van der Waals surface area contributed by atoms with Gasteiger partial charge in [0, 0.05) is 0 Å². The van der Waals surface area contributed by atoms with Crippen LogP contribution in [-0.2, 0) is 13.6 Å². The number of quaternary nitrogens is 1. The highest BCUT2D eigenvalue weighted by molar-refractivity contribution is 7.47. The summed E-state index contributed by atoms with van der Waals surface area (Å²) in [5, 5.41) is 0. The predicted molar refractivity (Wildman–Crippen MR) is 110 cm³/mol. The van der Waals surface area contributed by atoms with Gasteiger partial charge in [-0.2, -0.15) is 0 Å². The van der Waals surface area contributed by atoms with E-state index in [9.17, 15) is 9.46 Å². The van der Waals surface area contributed by atoms with Gasteiger partial charge in [-0.1, -0.05) is 84.0 Å². The van der Waals surface area contributed by atoms with Gasteiger partial charge in [-0.05, 0) is 6.42 Å². The van der Waals surface area contributed by atoms with Gasteiger partial charge in [-0.15, -0.1) is 0 Å². The number of nitrogens with zero attached hydrogens (tertiary/aromatic N) is 1. The fourth-order valence-corrected chi connectivity index (χ4v) is 3.51. The quantitative estimate of drug-likeness (QED) is 0.168. The molecule has 0 spiro atoms. The van der Waals surface area contributed by atoms with Gasteiger partial charge in [-0.3, -0.25) is 9.05 Å². The summed E-state index contributed by atoms with van der Waals surface area (Å²) in [7, 11) is 2.17. The highest BCUT2D eigenvalue weighted by Gasteiger charge is 2.21. The zero-order valence-electron chi connectivity index (χ0n) is 17.9. The van der Waals surface area contributed by atoms with Gasteiger partial charge in [0.2, 0.25) is 0 Å². The molecular weight excluding hydrogens is 349 g/mol. The van der Waals surface area contributed by atoms with Crippen molar-refractivity contribution in [3.8, 4) is 0 Å². The minimum atomic E-state index is -3.87. The largest absolute Gasteiger partial charge is 0.472 e. The maximum Gasteiger partial charge on any atom is 0.472 e. The van der Waals surface area contributed by atoms with Crippen molar-refractivity contribution in [1.82, 2.24) is 0 Å². The third kappa shape index (κ3) is 20.4. The molecule has 0 aromatic carbocycles. The summed E-state index contributed by atoms with van der Waals surface area (Å²) in [6.07, 6.45) is 16.6. The molecule has 5 nitrogen and oxygen atoms in total. The van der Waals surface area contributed by atoms with Crippen LogP contribution in [-0.4, -0.2) is 50.3 Å². The monoisotopic (exact) mass is 394 g/mol. The first-order valence-electron chi connectivity index (χ1n) is 10.7. The van der Waals surface area contributed by atoms with Gasteiger partial charge in [-0.25, -0.2) is 4.57 Å². The number of phosphoric ester groups is 1. The lowest BCUT2D eigenvalue weighted by atomic mass is 10.0. The Morgan fingerprint density at radius 2 is 1.08 bits per heavy atom. The predicted octanol–water partition coefficient (Wildman–Crippen LogP) is 5.92. The van der Waals surface area contributed by atoms with E-state index in [0.717, 1.165) is 12.8 Å². The number of phosphoric acid groups is 1. The van der Waals surface area contributed by atoms with E-state index in [1.165, 1.54) is 70.6 Å². The molecule has 6 heteroatoms. The van der Waals surface area contributed by atoms with E-state index in [1.54, 1.807) is 0 Å². The highest BCUT2D eigenvalue weighted by Crippen LogP contribution is 2.43. The molecule has 0 saturated carbocycles. The van der Waals surface area contributed by atoms with Gasteiger partial charge in [0.05, 0.1) is 27.7 Å². The third-order valence-electron chi connectivity index (χ3n) is 4.52. The van der Waals surface area contributed by atoms with Crippen molar-refractivity contribution in [2.75, 3.05) is 40.9 Å². The maximum atomic E-state index is 11.7. The molecule has 0 aliphatic carbocycles. The molecule has 0 aromatic heterocycles. The molecule has 26 heavy (non-hydrogen) atoms. The van der Waals surface area contributed by atoms with Crippen LogP contribution in [0.1, 0.15) is 90.4 Å². The van der Waals surface area contributed by atoms with E-state index in [-0.39, 0.29) is 6.61 Å². The van der Waals surface area contributed by atoms with Crippen molar-refractivity contribution in [1.29, 1.82) is 0 Å². The van der Waals surface area contributed by atoms with Crippen LogP contribution < -0.4 is 0 Å². The lowest BCUT2D eigenvalue weighted by Crippen LogP contribution is -2.37. The Kier molecular flexibility index (Phi) is 16.1. The van der Waals surface area contributed by atoms with Crippen LogP contribution in [0.25, 0.3) is 0 Å². The molecule has 0 aliphatic rings. The van der Waals surface area contributed by atoms with Crippen molar-refractivity contribution in [2.45, 2.75) is 90.4 Å². The van der Waals surface area contributed by atoms with E-state index < -0.39 is 7.82 Å². The summed E-state index contributed by atoms with van der Waals surface area (Å²) in [5.74, 6) is 0. The smallest absolute Gasteiger partial charge is 0.329 e. The van der Waals surface area contributed by atoms with Crippen molar-refractivity contribution >= 4 is 7.82 Å². The Morgan fingerprint density at radius 3 is 1.50 bits per heavy atom. The van der Waals surface area contributed by atoms with Crippen LogP contribution >= 0.6 is 7.82 Å². The van der Waals surface area contributed by atoms with Gasteiger partial charge in [0.15, 0.2) is 0 Å². The third-order valence-corrected chi connectivity index (χ3v) is 5.54. The second-order valence-corrected chi connectivity index (χ2v) is 9.85. The molecule has 0 rings (SSSR count). The summed E-state index contributed by atoms with van der Waals surface area (Å²) in [6.45, 7) is 3.47. The Bertz CT molecular complexity index is 358. The van der Waals surface area contributed by atoms with Crippen molar-refractivity contribution in [3.63, 3.8) is 0 Å². The Morgan fingerprint density at radius 1 is 0.692 bits per heavy atom. The van der Waals surface area contributed by atoms with Crippen LogP contribution in [0.15, 0.2) is 0 Å². The summed E-state index contributed by atoms with van der Waals surface area (Å²) in [6, 6.07) is 0. The SMILES string of the molecule is CCCCCCCCCCCCCCCOP(=O)(O)OCC[N+](C)(C)C.